The topological polar surface area (TPSA) is 72.8 Å². The molecule has 22 heavy (non-hydrogen) atoms. The van der Waals surface area contributed by atoms with Crippen LogP contribution in [-0.2, 0) is 19.1 Å². The minimum atomic E-state index is -4.60. The van der Waals surface area contributed by atoms with Gasteiger partial charge >= 0.3 is 18.1 Å². The standard InChI is InChI=1S/C14H23F3O5/c1-5-13(4,11(20)21-7-6-18)8-12(2,3)10(19)22-9-14(15,16)17/h18H,5-9H2,1-4H3. The zero-order valence-electron chi connectivity index (χ0n) is 13.2. The Balaban J connectivity index is 4.89. The van der Waals surface area contributed by atoms with Gasteiger partial charge in [-0.25, -0.2) is 0 Å². The van der Waals surface area contributed by atoms with E-state index in [0.717, 1.165) is 0 Å². The second-order valence-corrected chi connectivity index (χ2v) is 6.03. The van der Waals surface area contributed by atoms with E-state index in [1.54, 1.807) is 13.8 Å². The molecule has 0 aliphatic carbocycles. The highest BCUT2D eigenvalue weighted by molar-refractivity contribution is 5.80. The quantitative estimate of drug-likeness (QED) is 0.693. The molecule has 0 saturated carbocycles. The van der Waals surface area contributed by atoms with Crippen molar-refractivity contribution in [1.29, 1.82) is 0 Å². The van der Waals surface area contributed by atoms with Crippen LogP contribution in [0.25, 0.3) is 0 Å². The van der Waals surface area contributed by atoms with E-state index in [1.807, 2.05) is 0 Å². The first-order valence-corrected chi connectivity index (χ1v) is 6.90. The first-order chi connectivity index (χ1) is 9.88. The summed E-state index contributed by atoms with van der Waals surface area (Å²) in [6.45, 7) is 3.93. The molecule has 0 amide bonds. The number of carbonyl (C=O) groups is 2. The number of aliphatic hydroxyl groups is 1. The van der Waals surface area contributed by atoms with E-state index in [9.17, 15) is 22.8 Å². The highest BCUT2D eigenvalue weighted by atomic mass is 19.4. The number of ether oxygens (including phenoxy) is 2. The van der Waals surface area contributed by atoms with Gasteiger partial charge < -0.3 is 14.6 Å². The lowest BCUT2D eigenvalue weighted by atomic mass is 9.72. The zero-order valence-corrected chi connectivity index (χ0v) is 13.2. The van der Waals surface area contributed by atoms with Gasteiger partial charge in [0.25, 0.3) is 0 Å². The highest BCUT2D eigenvalue weighted by Gasteiger charge is 2.43. The number of aliphatic hydroxyl groups excluding tert-OH is 1. The van der Waals surface area contributed by atoms with Gasteiger partial charge in [-0.15, -0.1) is 0 Å². The Labute approximate surface area is 127 Å². The van der Waals surface area contributed by atoms with Crippen LogP contribution < -0.4 is 0 Å². The van der Waals surface area contributed by atoms with Gasteiger partial charge in [0.15, 0.2) is 6.61 Å². The molecule has 130 valence electrons. The van der Waals surface area contributed by atoms with E-state index in [4.69, 9.17) is 9.84 Å². The molecule has 5 nitrogen and oxygen atoms in total. The number of rotatable bonds is 8. The molecule has 0 aliphatic heterocycles. The van der Waals surface area contributed by atoms with Gasteiger partial charge in [0, 0.05) is 0 Å². The first kappa shape index (κ1) is 20.7. The largest absolute Gasteiger partial charge is 0.463 e. The summed E-state index contributed by atoms with van der Waals surface area (Å²) in [6.07, 6.45) is -4.30. The van der Waals surface area contributed by atoms with Crippen molar-refractivity contribution in [2.75, 3.05) is 19.8 Å². The summed E-state index contributed by atoms with van der Waals surface area (Å²) in [7, 11) is 0. The van der Waals surface area contributed by atoms with Crippen LogP contribution >= 0.6 is 0 Å². The van der Waals surface area contributed by atoms with Gasteiger partial charge in [-0.05, 0) is 33.6 Å². The van der Waals surface area contributed by atoms with Gasteiger partial charge in [-0.2, -0.15) is 13.2 Å². The van der Waals surface area contributed by atoms with Crippen LogP contribution in [0, 0.1) is 10.8 Å². The number of hydrogen-bond acceptors (Lipinski definition) is 5. The highest BCUT2D eigenvalue weighted by Crippen LogP contribution is 2.38. The molecule has 0 heterocycles. The molecule has 0 radical (unpaired) electrons. The van der Waals surface area contributed by atoms with Crippen LogP contribution in [0.1, 0.15) is 40.5 Å². The van der Waals surface area contributed by atoms with Gasteiger partial charge in [0.1, 0.15) is 6.61 Å². The Hall–Kier alpha value is -1.31. The summed E-state index contributed by atoms with van der Waals surface area (Å²) in [4.78, 5) is 23.8. The average molecular weight is 328 g/mol. The minimum Gasteiger partial charge on any atom is -0.463 e. The summed E-state index contributed by atoms with van der Waals surface area (Å²) < 4.78 is 45.4. The van der Waals surface area contributed by atoms with E-state index in [0.29, 0.717) is 6.42 Å². The predicted octanol–water partition coefficient (Wildman–Crippen LogP) is 2.46. The first-order valence-electron chi connectivity index (χ1n) is 6.90. The lowest BCUT2D eigenvalue weighted by Gasteiger charge is -2.33. The molecule has 0 spiro atoms. The molecular formula is C14H23F3O5. The number of carbonyl (C=O) groups excluding carboxylic acids is 2. The maximum absolute atomic E-state index is 12.1. The second-order valence-electron chi connectivity index (χ2n) is 6.03. The van der Waals surface area contributed by atoms with E-state index < -0.39 is 35.6 Å². The van der Waals surface area contributed by atoms with Crippen LogP contribution in [0.4, 0.5) is 13.2 Å². The lowest BCUT2D eigenvalue weighted by Crippen LogP contribution is -2.39. The molecule has 0 rings (SSSR count). The molecule has 0 fully saturated rings. The Bertz CT molecular complexity index is 392. The molecule has 1 N–H and O–H groups in total. The summed E-state index contributed by atoms with van der Waals surface area (Å²) in [6, 6.07) is 0. The zero-order chi connectivity index (χ0) is 17.6. The summed E-state index contributed by atoms with van der Waals surface area (Å²) >= 11 is 0. The summed E-state index contributed by atoms with van der Waals surface area (Å²) in [5.74, 6) is -1.64. The summed E-state index contributed by atoms with van der Waals surface area (Å²) in [5, 5.41) is 8.66. The second kappa shape index (κ2) is 7.80. The van der Waals surface area contributed by atoms with Gasteiger partial charge in [0.2, 0.25) is 0 Å². The SMILES string of the molecule is CCC(C)(CC(C)(C)C(=O)OCC(F)(F)F)C(=O)OCCO. The Morgan fingerprint density at radius 1 is 1.05 bits per heavy atom. The maximum Gasteiger partial charge on any atom is 0.422 e. The summed E-state index contributed by atoms with van der Waals surface area (Å²) in [5.41, 5.74) is -2.34. The minimum absolute atomic E-state index is 0.0303. The number of hydrogen-bond donors (Lipinski definition) is 1. The van der Waals surface area contributed by atoms with Crippen molar-refractivity contribution in [2.24, 2.45) is 10.8 Å². The average Bonchev–Trinajstić information content (AvgIpc) is 2.40. The third kappa shape index (κ3) is 6.64. The van der Waals surface area contributed by atoms with Crippen LogP contribution in [0.3, 0.4) is 0 Å². The van der Waals surface area contributed by atoms with Crippen molar-refractivity contribution in [2.45, 2.75) is 46.7 Å². The fraction of sp³-hybridized carbons (Fsp3) is 0.857. The molecule has 1 unspecified atom stereocenters. The molecule has 0 aromatic rings. The third-order valence-corrected chi connectivity index (χ3v) is 3.35. The van der Waals surface area contributed by atoms with Crippen molar-refractivity contribution in [1.82, 2.24) is 0 Å². The number of halogens is 3. The smallest absolute Gasteiger partial charge is 0.422 e. The van der Waals surface area contributed by atoms with Crippen molar-refractivity contribution in [3.05, 3.63) is 0 Å². The van der Waals surface area contributed by atoms with Gasteiger partial charge in [0.05, 0.1) is 17.4 Å². The molecular weight excluding hydrogens is 305 g/mol. The van der Waals surface area contributed by atoms with Crippen LogP contribution in [0.5, 0.6) is 0 Å². The number of esters is 2. The van der Waals surface area contributed by atoms with E-state index in [-0.39, 0.29) is 19.6 Å². The Kier molecular flexibility index (Phi) is 7.34. The Morgan fingerprint density at radius 3 is 2.00 bits per heavy atom. The number of alkyl halides is 3. The fourth-order valence-electron chi connectivity index (χ4n) is 2.04. The predicted molar refractivity (Wildman–Crippen MR) is 71.9 cm³/mol. The van der Waals surface area contributed by atoms with Crippen molar-refractivity contribution < 1.29 is 37.3 Å². The molecule has 0 saturated heterocycles. The van der Waals surface area contributed by atoms with Crippen molar-refractivity contribution in [3.8, 4) is 0 Å². The molecule has 0 aliphatic rings. The van der Waals surface area contributed by atoms with Gasteiger partial charge in [-0.1, -0.05) is 6.92 Å². The maximum atomic E-state index is 12.1. The molecule has 0 bridgehead atoms. The van der Waals surface area contributed by atoms with E-state index in [1.165, 1.54) is 13.8 Å². The monoisotopic (exact) mass is 328 g/mol. The van der Waals surface area contributed by atoms with Crippen LogP contribution in [0.2, 0.25) is 0 Å². The Morgan fingerprint density at radius 2 is 1.59 bits per heavy atom. The van der Waals surface area contributed by atoms with E-state index in [2.05, 4.69) is 4.74 Å². The molecule has 0 aromatic carbocycles. The lowest BCUT2D eigenvalue weighted by molar-refractivity contribution is -0.194. The molecule has 0 aromatic heterocycles. The fourth-order valence-corrected chi connectivity index (χ4v) is 2.04. The van der Waals surface area contributed by atoms with Crippen LogP contribution in [-0.4, -0.2) is 43.0 Å². The molecule has 8 heteroatoms. The van der Waals surface area contributed by atoms with Crippen molar-refractivity contribution >= 4 is 11.9 Å². The third-order valence-electron chi connectivity index (χ3n) is 3.35. The normalized spacial score (nSPS) is 15.1. The van der Waals surface area contributed by atoms with Gasteiger partial charge in [-0.3, -0.25) is 9.59 Å². The van der Waals surface area contributed by atoms with E-state index >= 15 is 0 Å². The molecule has 1 atom stereocenters. The van der Waals surface area contributed by atoms with Crippen LogP contribution in [0.15, 0.2) is 0 Å². The van der Waals surface area contributed by atoms with Crippen molar-refractivity contribution in [3.63, 3.8) is 0 Å².